The fourth-order valence-corrected chi connectivity index (χ4v) is 6.73. The molecule has 2 fully saturated rings. The standard InChI is InChI=1S/C28H43N7O/c1-19-8-10-20(11-9-19)34-17-13-21(14-18-34)35-25-7-3-2-5-22(25)23-12-16-31-27(36)24(33-26(23)35)6-4-15-32-28(29)30/h2-3,5,7,19-21,23-24H,4,6,8-18H2,1H3,(H,31,36)(H4,29,30,32)/t19?,20?,23?,24-/m0/s1. The molecule has 1 aromatic carbocycles. The minimum absolute atomic E-state index is 0.0166. The summed E-state index contributed by atoms with van der Waals surface area (Å²) in [6, 6.07) is 9.57. The second kappa shape index (κ2) is 11.2. The van der Waals surface area contributed by atoms with E-state index in [0.717, 1.165) is 56.6 Å². The number of benzene rings is 1. The second-order valence-corrected chi connectivity index (χ2v) is 11.2. The van der Waals surface area contributed by atoms with Gasteiger partial charge in [-0.25, -0.2) is 0 Å². The zero-order chi connectivity index (χ0) is 25.1. The van der Waals surface area contributed by atoms with E-state index >= 15 is 0 Å². The highest BCUT2D eigenvalue weighted by atomic mass is 16.2. The fourth-order valence-electron chi connectivity index (χ4n) is 6.73. The highest BCUT2D eigenvalue weighted by Crippen LogP contribution is 2.43. The third-order valence-corrected chi connectivity index (χ3v) is 8.75. The van der Waals surface area contributed by atoms with Gasteiger partial charge in [0.1, 0.15) is 11.9 Å². The highest BCUT2D eigenvalue weighted by Gasteiger charge is 2.41. The van der Waals surface area contributed by atoms with Crippen LogP contribution in [0.15, 0.2) is 34.3 Å². The number of amidine groups is 1. The summed E-state index contributed by atoms with van der Waals surface area (Å²) in [4.78, 5) is 27.5. The van der Waals surface area contributed by atoms with Crippen molar-refractivity contribution in [2.75, 3.05) is 31.1 Å². The van der Waals surface area contributed by atoms with E-state index in [1.54, 1.807) is 0 Å². The van der Waals surface area contributed by atoms with Crippen molar-refractivity contribution >= 4 is 23.4 Å². The molecule has 196 valence electrons. The second-order valence-electron chi connectivity index (χ2n) is 11.2. The number of piperidine rings is 1. The lowest BCUT2D eigenvalue weighted by Gasteiger charge is -2.43. The molecule has 5 N–H and O–H groups in total. The predicted molar refractivity (Wildman–Crippen MR) is 146 cm³/mol. The molecule has 4 aliphatic rings. The Balaban J connectivity index is 1.35. The molecule has 1 saturated carbocycles. The van der Waals surface area contributed by atoms with E-state index in [1.165, 1.54) is 36.9 Å². The monoisotopic (exact) mass is 493 g/mol. The zero-order valence-electron chi connectivity index (χ0n) is 21.7. The minimum atomic E-state index is -0.405. The van der Waals surface area contributed by atoms with Crippen LogP contribution in [0.25, 0.3) is 0 Å². The number of anilines is 1. The van der Waals surface area contributed by atoms with Crippen molar-refractivity contribution in [2.45, 2.75) is 88.8 Å². The number of amides is 1. The first-order chi connectivity index (χ1) is 17.5. The Hall–Kier alpha value is -2.61. The molecular weight excluding hydrogens is 450 g/mol. The Morgan fingerprint density at radius 3 is 2.56 bits per heavy atom. The van der Waals surface area contributed by atoms with Crippen molar-refractivity contribution in [3.05, 3.63) is 29.8 Å². The molecule has 8 nitrogen and oxygen atoms in total. The number of likely N-dealkylation sites (tertiary alicyclic amines) is 1. The lowest BCUT2D eigenvalue weighted by molar-refractivity contribution is -0.122. The summed E-state index contributed by atoms with van der Waals surface area (Å²) in [5, 5.41) is 3.11. The number of guanidine groups is 1. The number of para-hydroxylation sites is 1. The maximum Gasteiger partial charge on any atom is 0.244 e. The summed E-state index contributed by atoms with van der Waals surface area (Å²) in [6.45, 7) is 5.90. The van der Waals surface area contributed by atoms with Gasteiger partial charge < -0.3 is 26.6 Å². The summed E-state index contributed by atoms with van der Waals surface area (Å²) in [5.74, 6) is 2.33. The van der Waals surface area contributed by atoms with Gasteiger partial charge in [-0.1, -0.05) is 25.1 Å². The molecule has 3 heterocycles. The number of rotatable bonds is 6. The molecule has 5 rings (SSSR count). The topological polar surface area (TPSA) is 112 Å². The maximum absolute atomic E-state index is 13.0. The lowest BCUT2D eigenvalue weighted by Crippen LogP contribution is -2.51. The average Bonchev–Trinajstić information content (AvgIpc) is 3.17. The van der Waals surface area contributed by atoms with Crippen LogP contribution < -0.4 is 21.7 Å². The molecule has 2 atom stereocenters. The Morgan fingerprint density at radius 1 is 1.06 bits per heavy atom. The molecule has 8 heteroatoms. The van der Waals surface area contributed by atoms with Crippen LogP contribution in [-0.4, -0.2) is 66.9 Å². The Morgan fingerprint density at radius 2 is 1.81 bits per heavy atom. The number of nitrogens with two attached hydrogens (primary N) is 2. The van der Waals surface area contributed by atoms with Gasteiger partial charge in [-0.3, -0.25) is 14.8 Å². The van der Waals surface area contributed by atoms with Gasteiger partial charge in [0.2, 0.25) is 5.91 Å². The van der Waals surface area contributed by atoms with Crippen LogP contribution in [0.3, 0.4) is 0 Å². The molecule has 3 aliphatic heterocycles. The van der Waals surface area contributed by atoms with Crippen LogP contribution in [0, 0.1) is 5.92 Å². The molecule has 0 aromatic heterocycles. The van der Waals surface area contributed by atoms with Crippen LogP contribution in [0.1, 0.15) is 76.2 Å². The van der Waals surface area contributed by atoms with Crippen molar-refractivity contribution in [2.24, 2.45) is 27.4 Å². The highest BCUT2D eigenvalue weighted by molar-refractivity contribution is 6.10. The number of carbonyl (C=O) groups is 1. The Kier molecular flexibility index (Phi) is 7.79. The largest absolute Gasteiger partial charge is 0.370 e. The van der Waals surface area contributed by atoms with E-state index in [9.17, 15) is 4.79 Å². The number of hydrogen-bond acceptors (Lipinski definition) is 5. The van der Waals surface area contributed by atoms with Crippen molar-refractivity contribution < 1.29 is 4.79 Å². The molecule has 0 spiro atoms. The van der Waals surface area contributed by atoms with E-state index in [2.05, 4.69) is 51.3 Å². The fraction of sp³-hybridized carbons (Fsp3) is 0.679. The Labute approximate surface area is 215 Å². The van der Waals surface area contributed by atoms with E-state index in [-0.39, 0.29) is 17.8 Å². The van der Waals surface area contributed by atoms with Gasteiger partial charge in [-0.05, 0) is 75.3 Å². The van der Waals surface area contributed by atoms with Crippen molar-refractivity contribution in [1.82, 2.24) is 10.2 Å². The van der Waals surface area contributed by atoms with Crippen molar-refractivity contribution in [3.63, 3.8) is 0 Å². The van der Waals surface area contributed by atoms with Gasteiger partial charge in [-0.2, -0.15) is 0 Å². The first-order valence-corrected chi connectivity index (χ1v) is 14.0. The summed E-state index contributed by atoms with van der Waals surface area (Å²) < 4.78 is 0. The smallest absolute Gasteiger partial charge is 0.244 e. The molecule has 0 bridgehead atoms. The number of fused-ring (bicyclic) bond motifs is 3. The Bertz CT molecular complexity index is 972. The van der Waals surface area contributed by atoms with Gasteiger partial charge in [0, 0.05) is 49.9 Å². The first-order valence-electron chi connectivity index (χ1n) is 14.0. The van der Waals surface area contributed by atoms with E-state index in [4.69, 9.17) is 16.5 Å². The van der Waals surface area contributed by atoms with Gasteiger partial charge in [0.05, 0.1) is 0 Å². The number of aliphatic imine (C=N–C) groups is 2. The first kappa shape index (κ1) is 25.1. The molecule has 0 radical (unpaired) electrons. The van der Waals surface area contributed by atoms with Crippen molar-refractivity contribution in [1.29, 1.82) is 0 Å². The summed E-state index contributed by atoms with van der Waals surface area (Å²) in [7, 11) is 0. The SMILES string of the molecule is CC1CCC(N2CCC(N3C4=N[C@@H](CCCN=C(N)N)C(=O)NCCC4c4ccccc43)CC2)CC1. The quantitative estimate of drug-likeness (QED) is 0.320. The molecule has 1 amide bonds. The van der Waals surface area contributed by atoms with Crippen LogP contribution in [0.4, 0.5) is 5.69 Å². The number of nitrogens with one attached hydrogen (secondary N) is 1. The molecule has 1 aromatic rings. The number of nitrogens with zero attached hydrogens (tertiary/aromatic N) is 4. The number of hydrogen-bond donors (Lipinski definition) is 3. The number of carbonyl (C=O) groups excluding carboxylic acids is 1. The molecular formula is C28H43N7O. The average molecular weight is 494 g/mol. The lowest BCUT2D eigenvalue weighted by atomic mass is 9.85. The normalized spacial score (nSPS) is 29.4. The summed E-state index contributed by atoms with van der Waals surface area (Å²) in [6.07, 6.45) is 9.99. The summed E-state index contributed by atoms with van der Waals surface area (Å²) >= 11 is 0. The third-order valence-electron chi connectivity index (χ3n) is 8.75. The van der Waals surface area contributed by atoms with Crippen LogP contribution in [-0.2, 0) is 4.79 Å². The van der Waals surface area contributed by atoms with Crippen molar-refractivity contribution in [3.8, 4) is 0 Å². The van der Waals surface area contributed by atoms with Crippen LogP contribution in [0.2, 0.25) is 0 Å². The zero-order valence-corrected chi connectivity index (χ0v) is 21.7. The van der Waals surface area contributed by atoms with E-state index in [0.29, 0.717) is 25.6 Å². The summed E-state index contributed by atoms with van der Waals surface area (Å²) in [5.41, 5.74) is 13.6. The van der Waals surface area contributed by atoms with Gasteiger partial charge in [0.25, 0.3) is 0 Å². The van der Waals surface area contributed by atoms with E-state index in [1.807, 2.05) is 0 Å². The molecule has 1 saturated heterocycles. The molecule has 36 heavy (non-hydrogen) atoms. The maximum atomic E-state index is 13.0. The van der Waals surface area contributed by atoms with Gasteiger partial charge in [0.15, 0.2) is 5.96 Å². The minimum Gasteiger partial charge on any atom is -0.370 e. The predicted octanol–water partition coefficient (Wildman–Crippen LogP) is 2.97. The molecule has 1 aliphatic carbocycles. The van der Waals surface area contributed by atoms with E-state index < -0.39 is 6.04 Å². The van der Waals surface area contributed by atoms with Gasteiger partial charge >= 0.3 is 0 Å². The van der Waals surface area contributed by atoms with Gasteiger partial charge in [-0.15, -0.1) is 0 Å². The van der Waals surface area contributed by atoms with Crippen LogP contribution in [0.5, 0.6) is 0 Å². The third kappa shape index (κ3) is 5.38. The molecule has 1 unspecified atom stereocenters. The van der Waals surface area contributed by atoms with Crippen LogP contribution >= 0.6 is 0 Å².